The molecule has 186 valence electrons. The van der Waals surface area contributed by atoms with Crippen LogP contribution in [0.1, 0.15) is 52.5 Å². The Hall–Kier alpha value is -2.45. The first-order valence-corrected chi connectivity index (χ1v) is 11.7. The van der Waals surface area contributed by atoms with Gasteiger partial charge in [0.1, 0.15) is 12.3 Å². The Bertz CT molecular complexity index is 803. The van der Waals surface area contributed by atoms with Crippen LogP contribution in [0.2, 0.25) is 0 Å². The Morgan fingerprint density at radius 3 is 2.36 bits per heavy atom. The number of aryl methyl sites for hydroxylation is 1. The summed E-state index contributed by atoms with van der Waals surface area (Å²) in [5.41, 5.74) is 2.28. The zero-order valence-electron chi connectivity index (χ0n) is 20.4. The fourth-order valence-electron chi connectivity index (χ4n) is 3.85. The molecule has 2 rings (SSSR count). The smallest absolute Gasteiger partial charge is 0.394 e. The molecule has 1 fully saturated rings. The minimum absolute atomic E-state index is 0.0305. The number of ether oxygens (including phenoxy) is 1. The Morgan fingerprint density at radius 1 is 1.18 bits per heavy atom. The molecule has 0 aliphatic carbocycles. The normalized spacial score (nSPS) is 15.2. The van der Waals surface area contributed by atoms with Crippen molar-refractivity contribution in [2.45, 2.75) is 65.6 Å². The number of methoxy groups -OCH3 is 1. The minimum atomic E-state index is -4.31. The van der Waals surface area contributed by atoms with E-state index < -0.39 is 12.6 Å². The Kier molecular flexibility index (Phi) is 9.86. The highest BCUT2D eigenvalue weighted by Gasteiger charge is 2.30. The summed E-state index contributed by atoms with van der Waals surface area (Å²) < 4.78 is 44.3. The highest BCUT2D eigenvalue weighted by Crippen LogP contribution is 2.30. The van der Waals surface area contributed by atoms with Crippen molar-refractivity contribution in [1.82, 2.24) is 9.91 Å². The molecular formula is C24H37F3N4O2. The highest BCUT2D eigenvalue weighted by atomic mass is 19.4. The molecule has 0 N–H and O–H groups in total. The lowest BCUT2D eigenvalue weighted by atomic mass is 10.1. The van der Waals surface area contributed by atoms with E-state index in [1.807, 2.05) is 26.8 Å². The van der Waals surface area contributed by atoms with Crippen LogP contribution in [0.15, 0.2) is 23.3 Å². The standard InChI is InChI=1S/C24H37F3N4O2/c1-6-8-20(16-24(25,26)27)28-31(18(3)4)17-23(32)30-13-11-29(12-14-30)21-10-9-19(7-2)15-22(21)33-5/h9-10,15,18H,6-8,11-14,16-17H2,1-5H3/b28-20+. The van der Waals surface area contributed by atoms with Crippen LogP contribution in [-0.4, -0.2) is 73.6 Å². The van der Waals surface area contributed by atoms with Crippen LogP contribution in [0.4, 0.5) is 18.9 Å². The largest absolute Gasteiger partial charge is 0.495 e. The molecule has 0 saturated carbocycles. The lowest BCUT2D eigenvalue weighted by molar-refractivity contribution is -0.133. The molecule has 0 radical (unpaired) electrons. The summed E-state index contributed by atoms with van der Waals surface area (Å²) in [4.78, 5) is 16.9. The molecule has 0 bridgehead atoms. The van der Waals surface area contributed by atoms with Crippen LogP contribution in [0.3, 0.4) is 0 Å². The van der Waals surface area contributed by atoms with Gasteiger partial charge < -0.3 is 14.5 Å². The SMILES string of the molecule is CCC/C(CC(F)(F)F)=N\N(CC(=O)N1CCN(c2ccc(CC)cc2OC)CC1)C(C)C. The van der Waals surface area contributed by atoms with E-state index in [0.717, 1.165) is 17.9 Å². The van der Waals surface area contributed by atoms with Crippen LogP contribution in [0.25, 0.3) is 0 Å². The molecule has 0 spiro atoms. The monoisotopic (exact) mass is 470 g/mol. The second-order valence-electron chi connectivity index (χ2n) is 8.63. The second-order valence-corrected chi connectivity index (χ2v) is 8.63. The molecule has 1 amide bonds. The number of nitrogens with zero attached hydrogens (tertiary/aromatic N) is 4. The Morgan fingerprint density at radius 2 is 1.85 bits per heavy atom. The first-order chi connectivity index (χ1) is 15.6. The fourth-order valence-corrected chi connectivity index (χ4v) is 3.85. The van der Waals surface area contributed by atoms with Crippen LogP contribution in [-0.2, 0) is 11.2 Å². The summed E-state index contributed by atoms with van der Waals surface area (Å²) in [6.07, 6.45) is -3.60. The molecule has 6 nitrogen and oxygen atoms in total. The Labute approximate surface area is 195 Å². The number of hydrazone groups is 1. The molecule has 1 aliphatic heterocycles. The molecule has 9 heteroatoms. The van der Waals surface area contributed by atoms with Gasteiger partial charge in [0, 0.05) is 37.9 Å². The maximum atomic E-state index is 12.9. The number of rotatable bonds is 10. The quantitative estimate of drug-likeness (QED) is 0.367. The van der Waals surface area contributed by atoms with E-state index in [9.17, 15) is 18.0 Å². The summed E-state index contributed by atoms with van der Waals surface area (Å²) in [6, 6.07) is 6.00. The van der Waals surface area contributed by atoms with Crippen molar-refractivity contribution in [3.8, 4) is 5.75 Å². The predicted molar refractivity (Wildman–Crippen MR) is 126 cm³/mol. The number of anilines is 1. The maximum absolute atomic E-state index is 12.9. The number of piperazine rings is 1. The third kappa shape index (κ3) is 8.12. The van der Waals surface area contributed by atoms with Gasteiger partial charge in [-0.3, -0.25) is 9.80 Å². The number of hydrogen-bond donors (Lipinski definition) is 0. The van der Waals surface area contributed by atoms with E-state index in [-0.39, 0.29) is 30.6 Å². The van der Waals surface area contributed by atoms with E-state index in [4.69, 9.17) is 4.74 Å². The molecule has 1 aliphatic rings. The number of carbonyl (C=O) groups excluding carboxylic acids is 1. The molecule has 1 aromatic carbocycles. The lowest BCUT2D eigenvalue weighted by Gasteiger charge is -2.37. The van der Waals surface area contributed by atoms with Crippen molar-refractivity contribution < 1.29 is 22.7 Å². The molecule has 1 heterocycles. The van der Waals surface area contributed by atoms with Gasteiger partial charge in [0.2, 0.25) is 5.91 Å². The molecule has 1 saturated heterocycles. The van der Waals surface area contributed by atoms with Gasteiger partial charge in [-0.25, -0.2) is 0 Å². The second kappa shape index (κ2) is 12.1. The van der Waals surface area contributed by atoms with Gasteiger partial charge in [0.25, 0.3) is 0 Å². The van der Waals surface area contributed by atoms with Gasteiger partial charge in [0.15, 0.2) is 0 Å². The lowest BCUT2D eigenvalue weighted by Crippen LogP contribution is -2.51. The predicted octanol–water partition coefficient (Wildman–Crippen LogP) is 4.73. The van der Waals surface area contributed by atoms with Crippen molar-refractivity contribution in [2.24, 2.45) is 5.10 Å². The van der Waals surface area contributed by atoms with E-state index in [0.29, 0.717) is 32.6 Å². The number of hydrogen-bond acceptors (Lipinski definition) is 5. The van der Waals surface area contributed by atoms with Gasteiger partial charge in [-0.15, -0.1) is 0 Å². The molecule has 0 unspecified atom stereocenters. The van der Waals surface area contributed by atoms with Crippen molar-refractivity contribution in [1.29, 1.82) is 0 Å². The van der Waals surface area contributed by atoms with Gasteiger partial charge in [-0.05, 0) is 44.4 Å². The number of benzene rings is 1. The number of carbonyl (C=O) groups is 1. The van der Waals surface area contributed by atoms with Gasteiger partial charge in [-0.2, -0.15) is 18.3 Å². The van der Waals surface area contributed by atoms with Crippen LogP contribution < -0.4 is 9.64 Å². The third-order valence-electron chi connectivity index (χ3n) is 5.73. The zero-order valence-corrected chi connectivity index (χ0v) is 20.4. The minimum Gasteiger partial charge on any atom is -0.495 e. The molecule has 0 aromatic heterocycles. The molecule has 0 atom stereocenters. The van der Waals surface area contributed by atoms with Crippen LogP contribution in [0.5, 0.6) is 5.75 Å². The first-order valence-electron chi connectivity index (χ1n) is 11.7. The topological polar surface area (TPSA) is 48.4 Å². The maximum Gasteiger partial charge on any atom is 0.394 e. The molecule has 1 aromatic rings. The summed E-state index contributed by atoms with van der Waals surface area (Å²) in [7, 11) is 1.66. The zero-order chi connectivity index (χ0) is 24.6. The first kappa shape index (κ1) is 26.8. The average molecular weight is 471 g/mol. The number of amides is 1. The molecule has 33 heavy (non-hydrogen) atoms. The van der Waals surface area contributed by atoms with E-state index in [1.165, 1.54) is 10.6 Å². The van der Waals surface area contributed by atoms with E-state index >= 15 is 0 Å². The van der Waals surface area contributed by atoms with E-state index in [1.54, 1.807) is 12.0 Å². The summed E-state index contributed by atoms with van der Waals surface area (Å²) in [5, 5.41) is 5.73. The van der Waals surface area contributed by atoms with Crippen molar-refractivity contribution in [3.05, 3.63) is 23.8 Å². The number of halogens is 3. The average Bonchev–Trinajstić information content (AvgIpc) is 2.77. The van der Waals surface area contributed by atoms with E-state index in [2.05, 4.69) is 29.1 Å². The Balaban J connectivity index is 2.03. The van der Waals surface area contributed by atoms with Crippen molar-refractivity contribution >= 4 is 17.3 Å². The third-order valence-corrected chi connectivity index (χ3v) is 5.73. The summed E-state index contributed by atoms with van der Waals surface area (Å²) in [6.45, 7) is 9.95. The molecular weight excluding hydrogens is 433 g/mol. The van der Waals surface area contributed by atoms with Gasteiger partial charge >= 0.3 is 6.18 Å². The fraction of sp³-hybridized carbons (Fsp3) is 0.667. The van der Waals surface area contributed by atoms with Crippen LogP contribution >= 0.6 is 0 Å². The summed E-state index contributed by atoms with van der Waals surface area (Å²) in [5.74, 6) is 0.700. The van der Waals surface area contributed by atoms with Crippen molar-refractivity contribution in [2.75, 3.05) is 44.7 Å². The highest BCUT2D eigenvalue weighted by molar-refractivity contribution is 5.85. The number of alkyl halides is 3. The van der Waals surface area contributed by atoms with Gasteiger partial charge in [0.05, 0.1) is 19.2 Å². The summed E-state index contributed by atoms with van der Waals surface area (Å²) >= 11 is 0. The van der Waals surface area contributed by atoms with Crippen LogP contribution in [0, 0.1) is 0 Å². The van der Waals surface area contributed by atoms with Gasteiger partial charge in [-0.1, -0.05) is 26.3 Å². The van der Waals surface area contributed by atoms with Crippen molar-refractivity contribution in [3.63, 3.8) is 0 Å².